The normalized spacial score (nSPS) is 12.0. The second-order valence-electron chi connectivity index (χ2n) is 6.24. The molecule has 0 aliphatic rings. The summed E-state index contributed by atoms with van der Waals surface area (Å²) in [6.45, 7) is 1.81. The van der Waals surface area contributed by atoms with Crippen molar-refractivity contribution in [1.82, 2.24) is 14.5 Å². The molecule has 1 amide bonds. The fourth-order valence-corrected chi connectivity index (χ4v) is 3.80. The van der Waals surface area contributed by atoms with E-state index in [0.29, 0.717) is 27.5 Å². The average molecular weight is 383 g/mol. The van der Waals surface area contributed by atoms with Crippen LogP contribution in [0.1, 0.15) is 6.92 Å². The van der Waals surface area contributed by atoms with E-state index in [9.17, 15) is 9.59 Å². The molecule has 0 spiro atoms. The molecular formula is C20H21N3O3S. The van der Waals surface area contributed by atoms with Gasteiger partial charge in [0.25, 0.3) is 5.56 Å². The number of hydrogen-bond acceptors (Lipinski definition) is 5. The van der Waals surface area contributed by atoms with Crippen molar-refractivity contribution in [3.63, 3.8) is 0 Å². The number of para-hydroxylation sites is 1. The van der Waals surface area contributed by atoms with Crippen molar-refractivity contribution in [3.05, 3.63) is 58.9 Å². The zero-order chi connectivity index (χ0) is 19.6. The van der Waals surface area contributed by atoms with Gasteiger partial charge in [0.1, 0.15) is 5.75 Å². The minimum absolute atomic E-state index is 0.0383. The van der Waals surface area contributed by atoms with Crippen molar-refractivity contribution >= 4 is 28.6 Å². The molecule has 2 aromatic carbocycles. The van der Waals surface area contributed by atoms with Crippen LogP contribution in [-0.4, -0.2) is 46.8 Å². The summed E-state index contributed by atoms with van der Waals surface area (Å²) in [7, 11) is 5.02. The van der Waals surface area contributed by atoms with E-state index in [0.717, 1.165) is 0 Å². The molecule has 6 nitrogen and oxygen atoms in total. The summed E-state index contributed by atoms with van der Waals surface area (Å²) in [6.07, 6.45) is 0. The quantitative estimate of drug-likeness (QED) is 0.501. The van der Waals surface area contributed by atoms with E-state index < -0.39 is 0 Å². The van der Waals surface area contributed by atoms with Crippen LogP contribution in [0, 0.1) is 0 Å². The number of carbonyl (C=O) groups excluding carboxylic acids is 1. The summed E-state index contributed by atoms with van der Waals surface area (Å²) >= 11 is 1.27. The van der Waals surface area contributed by atoms with Gasteiger partial charge in [-0.15, -0.1) is 0 Å². The monoisotopic (exact) mass is 383 g/mol. The fraction of sp³-hybridized carbons (Fsp3) is 0.250. The highest BCUT2D eigenvalue weighted by Crippen LogP contribution is 2.26. The highest BCUT2D eigenvalue weighted by atomic mass is 32.2. The maximum Gasteiger partial charge on any atom is 0.266 e. The molecule has 27 heavy (non-hydrogen) atoms. The molecule has 3 aromatic rings. The Labute approximate surface area is 161 Å². The Morgan fingerprint density at radius 2 is 1.81 bits per heavy atom. The predicted octanol–water partition coefficient (Wildman–Crippen LogP) is 2.96. The number of nitrogens with zero attached hydrogens (tertiary/aromatic N) is 3. The number of thioether (sulfide) groups is 1. The minimum atomic E-state index is -0.377. The van der Waals surface area contributed by atoms with Gasteiger partial charge in [-0.2, -0.15) is 0 Å². The SMILES string of the molecule is COc1ccc(-n2c(S[C@@H](C)C(=O)N(C)C)nc3ccccc3c2=O)cc1. The predicted molar refractivity (Wildman–Crippen MR) is 108 cm³/mol. The van der Waals surface area contributed by atoms with E-state index >= 15 is 0 Å². The lowest BCUT2D eigenvalue weighted by Crippen LogP contribution is -2.31. The summed E-state index contributed by atoms with van der Waals surface area (Å²) in [5.74, 6) is 0.662. The zero-order valence-electron chi connectivity index (χ0n) is 15.7. The number of benzene rings is 2. The first-order valence-corrected chi connectivity index (χ1v) is 9.34. The molecule has 0 radical (unpaired) electrons. The molecule has 3 rings (SSSR count). The van der Waals surface area contributed by atoms with E-state index in [1.165, 1.54) is 16.7 Å². The topological polar surface area (TPSA) is 64.4 Å². The molecule has 1 atom stereocenters. The number of rotatable bonds is 5. The number of carbonyl (C=O) groups is 1. The number of methoxy groups -OCH3 is 1. The molecular weight excluding hydrogens is 362 g/mol. The summed E-state index contributed by atoms with van der Waals surface area (Å²) in [6, 6.07) is 14.4. The first-order valence-electron chi connectivity index (χ1n) is 8.46. The first kappa shape index (κ1) is 19.0. The second kappa shape index (κ2) is 7.84. The molecule has 140 valence electrons. The third-order valence-electron chi connectivity index (χ3n) is 4.15. The smallest absolute Gasteiger partial charge is 0.266 e. The van der Waals surface area contributed by atoms with Gasteiger partial charge in [-0.3, -0.25) is 14.2 Å². The van der Waals surface area contributed by atoms with Gasteiger partial charge in [-0.25, -0.2) is 4.98 Å². The lowest BCUT2D eigenvalue weighted by molar-refractivity contribution is -0.127. The van der Waals surface area contributed by atoms with Crippen molar-refractivity contribution in [3.8, 4) is 11.4 Å². The Bertz CT molecular complexity index is 1030. The van der Waals surface area contributed by atoms with E-state index in [1.807, 2.05) is 19.1 Å². The van der Waals surface area contributed by atoms with Crippen LogP contribution in [0.25, 0.3) is 16.6 Å². The largest absolute Gasteiger partial charge is 0.497 e. The standard InChI is InChI=1S/C20H21N3O3S/c1-13(18(24)22(2)3)27-20-21-17-8-6-5-7-16(17)19(25)23(20)14-9-11-15(26-4)12-10-14/h5-13H,1-4H3/t13-/m0/s1. The minimum Gasteiger partial charge on any atom is -0.497 e. The van der Waals surface area contributed by atoms with E-state index in [1.54, 1.807) is 62.2 Å². The third kappa shape index (κ3) is 3.83. The summed E-state index contributed by atoms with van der Waals surface area (Å²) in [4.78, 5) is 31.7. The molecule has 0 saturated carbocycles. The lowest BCUT2D eigenvalue weighted by Gasteiger charge is -2.18. The van der Waals surface area contributed by atoms with Gasteiger partial charge >= 0.3 is 0 Å². The molecule has 0 N–H and O–H groups in total. The van der Waals surface area contributed by atoms with Gasteiger partial charge in [0, 0.05) is 14.1 Å². The average Bonchev–Trinajstić information content (AvgIpc) is 2.67. The number of amides is 1. The van der Waals surface area contributed by atoms with Gasteiger partial charge in [-0.05, 0) is 43.3 Å². The van der Waals surface area contributed by atoms with Crippen molar-refractivity contribution < 1.29 is 9.53 Å². The molecule has 0 saturated heterocycles. The van der Waals surface area contributed by atoms with Crippen molar-refractivity contribution in [2.75, 3.05) is 21.2 Å². The summed E-state index contributed by atoms with van der Waals surface area (Å²) in [5, 5.41) is 0.633. The Kier molecular flexibility index (Phi) is 5.51. The number of aromatic nitrogens is 2. The van der Waals surface area contributed by atoms with Gasteiger partial charge in [-0.1, -0.05) is 23.9 Å². The second-order valence-corrected chi connectivity index (χ2v) is 7.55. The van der Waals surface area contributed by atoms with Gasteiger partial charge < -0.3 is 9.64 Å². The number of hydrogen-bond donors (Lipinski definition) is 0. The van der Waals surface area contributed by atoms with Crippen molar-refractivity contribution in [2.24, 2.45) is 0 Å². The van der Waals surface area contributed by atoms with E-state index in [-0.39, 0.29) is 16.7 Å². The number of fused-ring (bicyclic) bond motifs is 1. The molecule has 0 aliphatic carbocycles. The molecule has 0 bridgehead atoms. The Morgan fingerprint density at radius 1 is 1.15 bits per heavy atom. The van der Waals surface area contributed by atoms with Crippen LogP contribution >= 0.6 is 11.8 Å². The van der Waals surface area contributed by atoms with Gasteiger partial charge in [0.15, 0.2) is 5.16 Å². The van der Waals surface area contributed by atoms with Crippen LogP contribution in [0.3, 0.4) is 0 Å². The fourth-order valence-electron chi connectivity index (χ4n) is 2.72. The van der Waals surface area contributed by atoms with Crippen molar-refractivity contribution in [1.29, 1.82) is 0 Å². The molecule has 1 aromatic heterocycles. The molecule has 0 aliphatic heterocycles. The Morgan fingerprint density at radius 3 is 2.44 bits per heavy atom. The van der Waals surface area contributed by atoms with E-state index in [2.05, 4.69) is 4.98 Å². The van der Waals surface area contributed by atoms with Crippen LogP contribution in [-0.2, 0) is 4.79 Å². The van der Waals surface area contributed by atoms with Crippen LogP contribution < -0.4 is 10.3 Å². The third-order valence-corrected chi connectivity index (χ3v) is 5.19. The molecule has 0 fully saturated rings. The van der Waals surface area contributed by atoms with Crippen LogP contribution in [0.5, 0.6) is 5.75 Å². The lowest BCUT2D eigenvalue weighted by atomic mass is 10.2. The van der Waals surface area contributed by atoms with Crippen molar-refractivity contribution in [2.45, 2.75) is 17.3 Å². The summed E-state index contributed by atoms with van der Waals surface area (Å²) in [5.41, 5.74) is 1.11. The summed E-state index contributed by atoms with van der Waals surface area (Å²) < 4.78 is 6.75. The van der Waals surface area contributed by atoms with Gasteiger partial charge in [0.2, 0.25) is 5.91 Å². The number of ether oxygens (including phenoxy) is 1. The van der Waals surface area contributed by atoms with E-state index in [4.69, 9.17) is 4.74 Å². The Balaban J connectivity index is 2.17. The maximum atomic E-state index is 13.2. The van der Waals surface area contributed by atoms with Gasteiger partial charge in [0.05, 0.1) is 29.0 Å². The highest BCUT2D eigenvalue weighted by molar-refractivity contribution is 8.00. The highest BCUT2D eigenvalue weighted by Gasteiger charge is 2.21. The molecule has 0 unspecified atom stereocenters. The first-order chi connectivity index (χ1) is 12.9. The van der Waals surface area contributed by atoms with Crippen LogP contribution in [0.2, 0.25) is 0 Å². The van der Waals surface area contributed by atoms with Crippen LogP contribution in [0.15, 0.2) is 58.5 Å². The molecule has 7 heteroatoms. The Hall–Kier alpha value is -2.80. The molecule has 1 heterocycles. The zero-order valence-corrected chi connectivity index (χ0v) is 16.5. The van der Waals surface area contributed by atoms with Crippen LogP contribution in [0.4, 0.5) is 0 Å². The maximum absolute atomic E-state index is 13.2.